The molecule has 0 radical (unpaired) electrons. The number of amides is 1. The van der Waals surface area contributed by atoms with Crippen LogP contribution in [0.1, 0.15) is 46.0 Å². The van der Waals surface area contributed by atoms with Crippen molar-refractivity contribution in [3.05, 3.63) is 40.7 Å². The Kier molecular flexibility index (Phi) is 6.29. The minimum Gasteiger partial charge on any atom is -0.486 e. The summed E-state index contributed by atoms with van der Waals surface area (Å²) in [6.45, 7) is 5.84. The van der Waals surface area contributed by atoms with Gasteiger partial charge >= 0.3 is 11.9 Å². The van der Waals surface area contributed by atoms with Gasteiger partial charge in [0.15, 0.2) is 17.6 Å². The SMILES string of the molecule is CCc1[nH]c(C(=O)O[C@H](C)C(=O)Nc2ccc3c(c2)OCCO3)c(C)c1C(=O)OC. The number of anilines is 1. The molecule has 2 heterocycles. The summed E-state index contributed by atoms with van der Waals surface area (Å²) in [6.07, 6.45) is -0.571. The van der Waals surface area contributed by atoms with Crippen molar-refractivity contribution in [2.24, 2.45) is 0 Å². The maximum absolute atomic E-state index is 12.6. The van der Waals surface area contributed by atoms with E-state index in [4.69, 9.17) is 18.9 Å². The number of fused-ring (bicyclic) bond motifs is 1. The van der Waals surface area contributed by atoms with Gasteiger partial charge in [-0.1, -0.05) is 6.92 Å². The van der Waals surface area contributed by atoms with Crippen LogP contribution in [0.4, 0.5) is 5.69 Å². The fourth-order valence-electron chi connectivity index (χ4n) is 3.14. The molecular formula is C21H24N2O7. The van der Waals surface area contributed by atoms with Gasteiger partial charge in [-0.2, -0.15) is 0 Å². The number of benzene rings is 1. The van der Waals surface area contributed by atoms with E-state index < -0.39 is 23.9 Å². The number of aromatic nitrogens is 1. The highest BCUT2D eigenvalue weighted by atomic mass is 16.6. The number of aryl methyl sites for hydroxylation is 1. The van der Waals surface area contributed by atoms with Crippen molar-refractivity contribution in [2.45, 2.75) is 33.3 Å². The Morgan fingerprint density at radius 2 is 1.87 bits per heavy atom. The molecule has 9 nitrogen and oxygen atoms in total. The van der Waals surface area contributed by atoms with E-state index in [2.05, 4.69) is 10.3 Å². The smallest absolute Gasteiger partial charge is 0.355 e. The van der Waals surface area contributed by atoms with Crippen molar-refractivity contribution in [2.75, 3.05) is 25.6 Å². The van der Waals surface area contributed by atoms with E-state index in [0.717, 1.165) is 0 Å². The molecule has 1 amide bonds. The summed E-state index contributed by atoms with van der Waals surface area (Å²) >= 11 is 0. The number of ether oxygens (including phenoxy) is 4. The first-order valence-corrected chi connectivity index (χ1v) is 9.56. The molecule has 2 N–H and O–H groups in total. The van der Waals surface area contributed by atoms with E-state index in [1.807, 2.05) is 6.92 Å². The number of esters is 2. The molecular weight excluding hydrogens is 392 g/mol. The fraction of sp³-hybridized carbons (Fsp3) is 0.381. The normalized spacial score (nSPS) is 13.3. The highest BCUT2D eigenvalue weighted by molar-refractivity contribution is 6.00. The number of rotatable bonds is 6. The van der Waals surface area contributed by atoms with Crippen LogP contribution in [-0.4, -0.2) is 49.3 Å². The van der Waals surface area contributed by atoms with Crippen LogP contribution in [-0.2, 0) is 20.7 Å². The van der Waals surface area contributed by atoms with E-state index >= 15 is 0 Å². The van der Waals surface area contributed by atoms with Gasteiger partial charge < -0.3 is 29.2 Å². The van der Waals surface area contributed by atoms with Gasteiger partial charge in [-0.3, -0.25) is 4.79 Å². The van der Waals surface area contributed by atoms with Crippen molar-refractivity contribution in [1.82, 2.24) is 4.98 Å². The van der Waals surface area contributed by atoms with E-state index in [1.165, 1.54) is 14.0 Å². The van der Waals surface area contributed by atoms with Gasteiger partial charge in [0, 0.05) is 17.4 Å². The number of nitrogens with one attached hydrogen (secondary N) is 2. The van der Waals surface area contributed by atoms with Gasteiger partial charge in [0.25, 0.3) is 5.91 Å². The molecule has 0 fully saturated rings. The third-order valence-corrected chi connectivity index (χ3v) is 4.74. The Hall–Kier alpha value is -3.49. The molecule has 1 aliphatic rings. The van der Waals surface area contributed by atoms with Crippen molar-refractivity contribution in [1.29, 1.82) is 0 Å². The van der Waals surface area contributed by atoms with Gasteiger partial charge in [0.2, 0.25) is 0 Å². The van der Waals surface area contributed by atoms with Crippen molar-refractivity contribution < 1.29 is 33.3 Å². The number of H-pyrrole nitrogens is 1. The second-order valence-corrected chi connectivity index (χ2v) is 6.72. The van der Waals surface area contributed by atoms with Gasteiger partial charge in [0.1, 0.15) is 18.9 Å². The first kappa shape index (κ1) is 21.2. The zero-order valence-electron chi connectivity index (χ0n) is 17.3. The first-order valence-electron chi connectivity index (χ1n) is 9.56. The van der Waals surface area contributed by atoms with E-state index in [1.54, 1.807) is 25.1 Å². The Balaban J connectivity index is 1.69. The molecule has 2 aromatic rings. The number of hydrogen-bond donors (Lipinski definition) is 2. The largest absolute Gasteiger partial charge is 0.486 e. The highest BCUT2D eigenvalue weighted by Gasteiger charge is 2.27. The Labute approximate surface area is 173 Å². The van der Waals surface area contributed by atoms with Crippen LogP contribution in [0.2, 0.25) is 0 Å². The predicted molar refractivity (Wildman–Crippen MR) is 107 cm³/mol. The van der Waals surface area contributed by atoms with Crippen LogP contribution in [0.3, 0.4) is 0 Å². The summed E-state index contributed by atoms with van der Waals surface area (Å²) in [5, 5.41) is 2.68. The Morgan fingerprint density at radius 3 is 2.53 bits per heavy atom. The van der Waals surface area contributed by atoms with Crippen LogP contribution >= 0.6 is 0 Å². The van der Waals surface area contributed by atoms with E-state index in [9.17, 15) is 14.4 Å². The van der Waals surface area contributed by atoms with E-state index in [-0.39, 0.29) is 5.69 Å². The number of carbonyl (C=O) groups excluding carboxylic acids is 3. The molecule has 0 saturated heterocycles. The van der Waals surface area contributed by atoms with Crippen molar-refractivity contribution in [3.63, 3.8) is 0 Å². The predicted octanol–water partition coefficient (Wildman–Crippen LogP) is 2.63. The molecule has 0 saturated carbocycles. The standard InChI is InChI=1S/C21H24N2O7/c1-5-14-17(20(25)27-4)11(2)18(23-14)21(26)30-12(3)19(24)22-13-6-7-15-16(10-13)29-9-8-28-15/h6-7,10,12,23H,5,8-9H2,1-4H3,(H,22,24)/t12-/m1/s1. The average molecular weight is 416 g/mol. The summed E-state index contributed by atoms with van der Waals surface area (Å²) in [5.74, 6) is -0.637. The van der Waals surface area contributed by atoms with E-state index in [0.29, 0.717) is 53.6 Å². The molecule has 0 aliphatic carbocycles. The highest BCUT2D eigenvalue weighted by Crippen LogP contribution is 2.32. The molecule has 1 atom stereocenters. The average Bonchev–Trinajstić information content (AvgIpc) is 3.09. The summed E-state index contributed by atoms with van der Waals surface area (Å²) in [5.41, 5.74) is 1.90. The second-order valence-electron chi connectivity index (χ2n) is 6.72. The Bertz CT molecular complexity index is 980. The molecule has 3 rings (SSSR count). The number of hydrogen-bond acceptors (Lipinski definition) is 7. The van der Waals surface area contributed by atoms with Crippen LogP contribution in [0, 0.1) is 6.92 Å². The molecule has 1 aliphatic heterocycles. The first-order chi connectivity index (χ1) is 14.3. The number of methoxy groups -OCH3 is 1. The molecule has 0 bridgehead atoms. The van der Waals surface area contributed by atoms with Gasteiger partial charge in [-0.15, -0.1) is 0 Å². The molecule has 0 unspecified atom stereocenters. The van der Waals surface area contributed by atoms with Crippen LogP contribution < -0.4 is 14.8 Å². The lowest BCUT2D eigenvalue weighted by molar-refractivity contribution is -0.123. The number of aromatic amines is 1. The molecule has 1 aromatic heterocycles. The number of carbonyl (C=O) groups is 3. The van der Waals surface area contributed by atoms with Gasteiger partial charge in [0.05, 0.1) is 12.7 Å². The zero-order valence-corrected chi connectivity index (χ0v) is 17.3. The van der Waals surface area contributed by atoms with Crippen LogP contribution in [0.25, 0.3) is 0 Å². The third-order valence-electron chi connectivity index (χ3n) is 4.74. The minimum absolute atomic E-state index is 0.117. The quantitative estimate of drug-likeness (QED) is 0.696. The van der Waals surface area contributed by atoms with Gasteiger partial charge in [-0.05, 0) is 38.0 Å². The van der Waals surface area contributed by atoms with Crippen LogP contribution in [0.5, 0.6) is 11.5 Å². The lowest BCUT2D eigenvalue weighted by Gasteiger charge is -2.19. The summed E-state index contributed by atoms with van der Waals surface area (Å²) < 4.78 is 21.0. The summed E-state index contributed by atoms with van der Waals surface area (Å²) in [4.78, 5) is 40.0. The molecule has 30 heavy (non-hydrogen) atoms. The topological polar surface area (TPSA) is 116 Å². The lowest BCUT2D eigenvalue weighted by Crippen LogP contribution is -2.30. The van der Waals surface area contributed by atoms with Crippen LogP contribution in [0.15, 0.2) is 18.2 Å². The zero-order chi connectivity index (χ0) is 21.8. The van der Waals surface area contributed by atoms with Crippen molar-refractivity contribution >= 4 is 23.5 Å². The van der Waals surface area contributed by atoms with Crippen molar-refractivity contribution in [3.8, 4) is 11.5 Å². The summed E-state index contributed by atoms with van der Waals surface area (Å²) in [7, 11) is 1.27. The minimum atomic E-state index is -1.07. The monoisotopic (exact) mass is 416 g/mol. The fourth-order valence-corrected chi connectivity index (χ4v) is 3.14. The maximum Gasteiger partial charge on any atom is 0.355 e. The second kappa shape index (κ2) is 8.89. The van der Waals surface area contributed by atoms with Gasteiger partial charge in [-0.25, -0.2) is 9.59 Å². The lowest BCUT2D eigenvalue weighted by atomic mass is 10.1. The maximum atomic E-state index is 12.6. The Morgan fingerprint density at radius 1 is 1.17 bits per heavy atom. The molecule has 0 spiro atoms. The third kappa shape index (κ3) is 4.24. The summed E-state index contributed by atoms with van der Waals surface area (Å²) in [6, 6.07) is 5.02. The molecule has 9 heteroatoms. The molecule has 160 valence electrons. The molecule has 1 aromatic carbocycles.